The number of hydrogen-bond donors (Lipinski definition) is 1. The lowest BCUT2D eigenvalue weighted by Crippen LogP contribution is -2.42. The van der Waals surface area contributed by atoms with Gasteiger partial charge in [0.2, 0.25) is 0 Å². The molecule has 0 saturated carbocycles. The van der Waals surface area contributed by atoms with Gasteiger partial charge in [-0.25, -0.2) is 4.79 Å². The summed E-state index contributed by atoms with van der Waals surface area (Å²) in [7, 11) is 1.40. The Morgan fingerprint density at radius 2 is 1.95 bits per heavy atom. The summed E-state index contributed by atoms with van der Waals surface area (Å²) >= 11 is 5.88. The van der Waals surface area contributed by atoms with Gasteiger partial charge in [0.15, 0.2) is 5.11 Å². The number of methoxy groups -OCH3 is 1. The van der Waals surface area contributed by atoms with Gasteiger partial charge >= 0.3 is 5.97 Å². The number of pyridine rings is 1. The molecule has 0 radical (unpaired) electrons. The molecule has 0 bridgehead atoms. The second kappa shape index (κ2) is 11.0. The standard InChI is InChI=1S/C28H33N5O3S/c1-19-17-23(20(2)33(19)22-8-6-7-21(18-22)27(34)35-3)26-25(24-9-4-5-10-29-24)30-28(37)32(26)12-11-31-13-15-36-16-14-31/h4-10,17-18,25-26H,11-16H2,1-3H3,(H,30,37)/t25-,26-/m1/s1. The van der Waals surface area contributed by atoms with Crippen LogP contribution in [-0.2, 0) is 9.47 Å². The van der Waals surface area contributed by atoms with Gasteiger partial charge in [0.1, 0.15) is 0 Å². The minimum absolute atomic E-state index is 0.0211. The van der Waals surface area contributed by atoms with Crippen molar-refractivity contribution in [1.82, 2.24) is 24.7 Å². The van der Waals surface area contributed by atoms with Crippen LogP contribution in [0.2, 0.25) is 0 Å². The summed E-state index contributed by atoms with van der Waals surface area (Å²) in [6.45, 7) is 9.36. The van der Waals surface area contributed by atoms with Gasteiger partial charge in [0.25, 0.3) is 0 Å². The summed E-state index contributed by atoms with van der Waals surface area (Å²) in [5, 5.41) is 4.31. The molecule has 0 spiro atoms. The maximum Gasteiger partial charge on any atom is 0.337 e. The molecule has 0 amide bonds. The van der Waals surface area contributed by atoms with Crippen LogP contribution in [0.15, 0.2) is 54.7 Å². The second-order valence-electron chi connectivity index (χ2n) is 9.48. The fourth-order valence-corrected chi connectivity index (χ4v) is 5.76. The van der Waals surface area contributed by atoms with E-state index in [2.05, 4.69) is 50.6 Å². The Morgan fingerprint density at radius 1 is 1.14 bits per heavy atom. The van der Waals surface area contributed by atoms with Crippen LogP contribution in [0.4, 0.5) is 0 Å². The molecule has 0 unspecified atom stereocenters. The van der Waals surface area contributed by atoms with Crippen molar-refractivity contribution in [1.29, 1.82) is 0 Å². The SMILES string of the molecule is COC(=O)c1cccc(-n2c(C)cc([C@@H]3[C@@H](c4ccccn4)NC(=S)N3CCN3CCOCC3)c2C)c1. The number of nitrogens with one attached hydrogen (secondary N) is 1. The Kier molecular flexibility index (Phi) is 7.55. The molecule has 37 heavy (non-hydrogen) atoms. The molecule has 2 atom stereocenters. The number of hydrogen-bond acceptors (Lipinski definition) is 6. The molecule has 0 aliphatic carbocycles. The lowest BCUT2D eigenvalue weighted by Gasteiger charge is -2.32. The first-order chi connectivity index (χ1) is 18.0. The molecule has 1 aromatic carbocycles. The van der Waals surface area contributed by atoms with E-state index in [0.717, 1.165) is 67.3 Å². The second-order valence-corrected chi connectivity index (χ2v) is 9.86. The van der Waals surface area contributed by atoms with E-state index in [4.69, 9.17) is 21.7 Å². The van der Waals surface area contributed by atoms with Crippen molar-refractivity contribution in [3.8, 4) is 5.69 Å². The molecule has 4 heterocycles. The van der Waals surface area contributed by atoms with E-state index in [-0.39, 0.29) is 18.1 Å². The number of aromatic nitrogens is 2. The predicted octanol–water partition coefficient (Wildman–Crippen LogP) is 3.58. The lowest BCUT2D eigenvalue weighted by molar-refractivity contribution is 0.0350. The molecule has 2 aliphatic rings. The van der Waals surface area contributed by atoms with Crippen LogP contribution in [-0.4, -0.2) is 76.9 Å². The molecule has 9 heteroatoms. The van der Waals surface area contributed by atoms with E-state index in [1.54, 1.807) is 6.07 Å². The summed E-state index contributed by atoms with van der Waals surface area (Å²) in [5.74, 6) is -0.348. The van der Waals surface area contributed by atoms with Crippen molar-refractivity contribution in [2.45, 2.75) is 25.9 Å². The van der Waals surface area contributed by atoms with Gasteiger partial charge in [0, 0.05) is 49.5 Å². The normalized spacial score (nSPS) is 20.2. The summed E-state index contributed by atoms with van der Waals surface area (Å²) in [6, 6.07) is 15.7. The molecule has 8 nitrogen and oxygen atoms in total. The smallest absolute Gasteiger partial charge is 0.337 e. The Balaban J connectivity index is 1.53. The van der Waals surface area contributed by atoms with Gasteiger partial charge in [0.05, 0.1) is 43.7 Å². The first-order valence-corrected chi connectivity index (χ1v) is 13.0. The van der Waals surface area contributed by atoms with Crippen molar-refractivity contribution in [3.05, 3.63) is 82.9 Å². The summed E-state index contributed by atoms with van der Waals surface area (Å²) in [6.07, 6.45) is 1.83. The quantitative estimate of drug-likeness (QED) is 0.375. The van der Waals surface area contributed by atoms with E-state index in [0.29, 0.717) is 5.56 Å². The van der Waals surface area contributed by atoms with Crippen LogP contribution in [0.1, 0.15) is 45.1 Å². The van der Waals surface area contributed by atoms with Gasteiger partial charge in [-0.1, -0.05) is 12.1 Å². The monoisotopic (exact) mass is 519 g/mol. The molecular weight excluding hydrogens is 486 g/mol. The van der Waals surface area contributed by atoms with Gasteiger partial charge in [-0.3, -0.25) is 9.88 Å². The van der Waals surface area contributed by atoms with Crippen LogP contribution in [0.3, 0.4) is 0 Å². The Bertz CT molecular complexity index is 1270. The fourth-order valence-electron chi connectivity index (χ4n) is 5.43. The number of rotatable bonds is 7. The molecule has 194 valence electrons. The van der Waals surface area contributed by atoms with E-state index in [1.165, 1.54) is 12.7 Å². The van der Waals surface area contributed by atoms with Crippen LogP contribution in [0.25, 0.3) is 5.69 Å². The highest BCUT2D eigenvalue weighted by atomic mass is 32.1. The molecule has 2 fully saturated rings. The van der Waals surface area contributed by atoms with Gasteiger partial charge in [-0.05, 0) is 68.0 Å². The number of aryl methyl sites for hydroxylation is 1. The number of carbonyl (C=O) groups is 1. The topological polar surface area (TPSA) is 71.9 Å². The highest BCUT2D eigenvalue weighted by molar-refractivity contribution is 7.80. The zero-order valence-corrected chi connectivity index (χ0v) is 22.3. The molecule has 2 saturated heterocycles. The van der Waals surface area contributed by atoms with Gasteiger partial charge in [-0.15, -0.1) is 0 Å². The maximum atomic E-state index is 12.2. The molecule has 2 aromatic heterocycles. The average Bonchev–Trinajstić information content (AvgIpc) is 3.42. The number of esters is 1. The fraction of sp³-hybridized carbons (Fsp3) is 0.393. The Hall–Kier alpha value is -3.27. The van der Waals surface area contributed by atoms with Crippen molar-refractivity contribution >= 4 is 23.3 Å². The summed E-state index contributed by atoms with van der Waals surface area (Å²) in [5.41, 5.74) is 5.78. The number of nitrogens with zero attached hydrogens (tertiary/aromatic N) is 4. The van der Waals surface area contributed by atoms with Gasteiger partial charge in [-0.2, -0.15) is 0 Å². The van der Waals surface area contributed by atoms with E-state index in [1.807, 2.05) is 36.5 Å². The Labute approximate surface area is 223 Å². The average molecular weight is 520 g/mol. The molecule has 2 aliphatic heterocycles. The van der Waals surface area contributed by atoms with Crippen LogP contribution < -0.4 is 5.32 Å². The summed E-state index contributed by atoms with van der Waals surface area (Å²) < 4.78 is 12.7. The minimum Gasteiger partial charge on any atom is -0.465 e. The number of thiocarbonyl (C=S) groups is 1. The zero-order valence-electron chi connectivity index (χ0n) is 21.5. The minimum atomic E-state index is -0.348. The number of ether oxygens (including phenoxy) is 2. The molecule has 3 aromatic rings. The molecular formula is C28H33N5O3S. The first-order valence-electron chi connectivity index (χ1n) is 12.6. The van der Waals surface area contributed by atoms with E-state index in [9.17, 15) is 4.79 Å². The van der Waals surface area contributed by atoms with Crippen LogP contribution >= 0.6 is 12.2 Å². The van der Waals surface area contributed by atoms with Gasteiger partial charge < -0.3 is 24.3 Å². The summed E-state index contributed by atoms with van der Waals surface area (Å²) in [4.78, 5) is 21.6. The highest BCUT2D eigenvalue weighted by Gasteiger charge is 2.41. The number of morpholine rings is 1. The Morgan fingerprint density at radius 3 is 2.68 bits per heavy atom. The number of carbonyl (C=O) groups excluding carboxylic acids is 1. The first kappa shape index (κ1) is 25.4. The zero-order chi connectivity index (χ0) is 25.9. The van der Waals surface area contributed by atoms with E-state index >= 15 is 0 Å². The van der Waals surface area contributed by atoms with Crippen molar-refractivity contribution in [2.75, 3.05) is 46.5 Å². The van der Waals surface area contributed by atoms with Crippen LogP contribution in [0, 0.1) is 13.8 Å². The largest absolute Gasteiger partial charge is 0.465 e. The predicted molar refractivity (Wildman–Crippen MR) is 146 cm³/mol. The van der Waals surface area contributed by atoms with E-state index < -0.39 is 0 Å². The number of benzene rings is 1. The maximum absolute atomic E-state index is 12.2. The molecule has 5 rings (SSSR count). The van der Waals surface area contributed by atoms with Crippen molar-refractivity contribution in [3.63, 3.8) is 0 Å². The van der Waals surface area contributed by atoms with Crippen molar-refractivity contribution in [2.24, 2.45) is 0 Å². The third-order valence-corrected chi connectivity index (χ3v) is 7.63. The van der Waals surface area contributed by atoms with Crippen LogP contribution in [0.5, 0.6) is 0 Å². The molecule has 1 N–H and O–H groups in total. The highest BCUT2D eigenvalue weighted by Crippen LogP contribution is 2.41. The third kappa shape index (κ3) is 5.12. The van der Waals surface area contributed by atoms with Crippen molar-refractivity contribution < 1.29 is 14.3 Å². The lowest BCUT2D eigenvalue weighted by atomic mass is 9.96. The third-order valence-electron chi connectivity index (χ3n) is 7.27.